The number of esters is 2. The highest BCUT2D eigenvalue weighted by Gasteiger charge is 2.89. The number of hydrogen-bond donors (Lipinski definition) is 0. The van der Waals surface area contributed by atoms with Crippen LogP contribution in [-0.2, 0) is 33.3 Å². The summed E-state index contributed by atoms with van der Waals surface area (Å²) in [6.07, 6.45) is 3.46. The van der Waals surface area contributed by atoms with Crippen LogP contribution in [0.1, 0.15) is 65.0 Å². The fourth-order valence-corrected chi connectivity index (χ4v) is 9.34. The molecule has 8 heteroatoms. The second-order valence-corrected chi connectivity index (χ2v) is 12.2. The summed E-state index contributed by atoms with van der Waals surface area (Å²) in [7, 11) is 0. The zero-order valence-electron chi connectivity index (χ0n) is 19.9. The van der Waals surface area contributed by atoms with Gasteiger partial charge in [0.1, 0.15) is 24.1 Å². The summed E-state index contributed by atoms with van der Waals surface area (Å²) in [6, 6.07) is 1.81. The summed E-state index contributed by atoms with van der Waals surface area (Å²) in [6.45, 7) is 8.36. The fourth-order valence-electron chi connectivity index (χ4n) is 9.34. The van der Waals surface area contributed by atoms with Crippen molar-refractivity contribution in [3.63, 3.8) is 0 Å². The molecule has 4 saturated heterocycles. The molecule has 9 atom stereocenters. The minimum absolute atomic E-state index is 0.0677. The molecule has 6 unspecified atom stereocenters. The molecular formula is C26H30O8. The average molecular weight is 471 g/mol. The molecule has 0 radical (unpaired) electrons. The Morgan fingerprint density at radius 3 is 2.50 bits per heavy atom. The highest BCUT2D eigenvalue weighted by Crippen LogP contribution is 2.79. The van der Waals surface area contributed by atoms with Crippen LogP contribution in [0.4, 0.5) is 0 Å². The average Bonchev–Trinajstić information content (AvgIpc) is 3.26. The van der Waals surface area contributed by atoms with Crippen molar-refractivity contribution in [1.29, 1.82) is 0 Å². The van der Waals surface area contributed by atoms with E-state index in [9.17, 15) is 14.4 Å². The third kappa shape index (κ3) is 2.02. The van der Waals surface area contributed by atoms with E-state index in [1.165, 1.54) is 0 Å². The van der Waals surface area contributed by atoms with Crippen LogP contribution < -0.4 is 0 Å². The zero-order valence-corrected chi connectivity index (χ0v) is 19.9. The van der Waals surface area contributed by atoms with Gasteiger partial charge in [0.05, 0.1) is 36.1 Å². The minimum Gasteiger partial charge on any atom is -0.472 e. The molecule has 7 rings (SSSR count). The lowest BCUT2D eigenvalue weighted by molar-refractivity contribution is -0.225. The molecule has 2 aliphatic carbocycles. The van der Waals surface area contributed by atoms with Crippen LogP contribution in [-0.4, -0.2) is 47.7 Å². The molecule has 2 saturated carbocycles. The topological polar surface area (TPSA) is 105 Å². The lowest BCUT2D eigenvalue weighted by Gasteiger charge is -2.65. The fraction of sp³-hybridized carbons (Fsp3) is 0.731. The third-order valence-electron chi connectivity index (χ3n) is 10.7. The Hall–Kier alpha value is -2.19. The number of Topliss-reactive ketones (excluding diaryl/α,β-unsaturated/α-hetero) is 1. The molecule has 6 aliphatic rings. The number of furan rings is 1. The van der Waals surface area contributed by atoms with E-state index in [1.54, 1.807) is 12.5 Å². The molecule has 6 fully saturated rings. The summed E-state index contributed by atoms with van der Waals surface area (Å²) in [4.78, 5) is 39.7. The number of carbonyl (C=O) groups is 3. The number of ether oxygens (including phenoxy) is 4. The number of rotatable bonds is 1. The second kappa shape index (κ2) is 5.95. The quantitative estimate of drug-likeness (QED) is 0.455. The first-order valence-electron chi connectivity index (χ1n) is 12.3. The van der Waals surface area contributed by atoms with Gasteiger partial charge in [-0.15, -0.1) is 0 Å². The lowest BCUT2D eigenvalue weighted by Crippen LogP contribution is -2.72. The maximum Gasteiger partial charge on any atom is 0.339 e. The van der Waals surface area contributed by atoms with Crippen LogP contribution >= 0.6 is 0 Å². The largest absolute Gasteiger partial charge is 0.472 e. The molecule has 0 bridgehead atoms. The number of hydrogen-bond acceptors (Lipinski definition) is 8. The van der Waals surface area contributed by atoms with E-state index in [0.29, 0.717) is 12.8 Å². The van der Waals surface area contributed by atoms with Gasteiger partial charge < -0.3 is 23.4 Å². The molecule has 8 nitrogen and oxygen atoms in total. The summed E-state index contributed by atoms with van der Waals surface area (Å²) in [5.74, 6) is -0.780. The highest BCUT2D eigenvalue weighted by molar-refractivity contribution is 5.93. The molecule has 1 aromatic rings. The van der Waals surface area contributed by atoms with Crippen LogP contribution in [0.5, 0.6) is 0 Å². The van der Waals surface area contributed by atoms with E-state index in [2.05, 4.69) is 6.92 Å². The van der Waals surface area contributed by atoms with E-state index < -0.39 is 45.6 Å². The summed E-state index contributed by atoms with van der Waals surface area (Å²) in [5, 5.41) is 0. The molecule has 0 amide bonds. The number of ketones is 1. The van der Waals surface area contributed by atoms with Crippen molar-refractivity contribution in [2.45, 2.75) is 82.9 Å². The van der Waals surface area contributed by atoms with Gasteiger partial charge in [0, 0.05) is 28.7 Å². The summed E-state index contributed by atoms with van der Waals surface area (Å²) in [5.41, 5.74) is -2.78. The van der Waals surface area contributed by atoms with E-state index in [4.69, 9.17) is 23.4 Å². The second-order valence-electron chi connectivity index (χ2n) is 12.2. The maximum absolute atomic E-state index is 14.2. The zero-order chi connectivity index (χ0) is 23.9. The lowest BCUT2D eigenvalue weighted by atomic mass is 9.37. The van der Waals surface area contributed by atoms with Crippen molar-refractivity contribution in [2.75, 3.05) is 6.61 Å². The van der Waals surface area contributed by atoms with Crippen molar-refractivity contribution >= 4 is 17.7 Å². The Kier molecular flexibility index (Phi) is 3.70. The van der Waals surface area contributed by atoms with E-state index in [1.807, 2.05) is 26.8 Å². The van der Waals surface area contributed by atoms with Crippen molar-refractivity contribution in [1.82, 2.24) is 0 Å². The summed E-state index contributed by atoms with van der Waals surface area (Å²) < 4.78 is 29.8. The molecular weight excluding hydrogens is 440 g/mol. The predicted molar refractivity (Wildman–Crippen MR) is 114 cm³/mol. The molecule has 0 N–H and O–H groups in total. The maximum atomic E-state index is 14.2. The Bertz CT molecular complexity index is 1120. The van der Waals surface area contributed by atoms with Gasteiger partial charge in [-0.1, -0.05) is 6.92 Å². The molecule has 0 aromatic carbocycles. The molecule has 182 valence electrons. The first-order chi connectivity index (χ1) is 16.0. The van der Waals surface area contributed by atoms with Gasteiger partial charge in [-0.2, -0.15) is 0 Å². The smallest absolute Gasteiger partial charge is 0.339 e. The standard InChI is InChI=1S/C26H30O8/c1-22(2)15-9-16(27)24(4)14(25(15)12-31-18(28)10-17(25)33-22)5-7-23(3)19(13-6-8-30-11-13)32-21(29)20-26(23,24)34-20/h6,8,11,14-15,17,19-20H,5,7,9-10,12H2,1-4H3/t14?,15?,17?,19-,20?,23-,24?,25?,26+/m0/s1. The van der Waals surface area contributed by atoms with Crippen LogP contribution in [0.3, 0.4) is 0 Å². The van der Waals surface area contributed by atoms with Gasteiger partial charge in [0.2, 0.25) is 0 Å². The van der Waals surface area contributed by atoms with Crippen LogP contribution in [0.25, 0.3) is 0 Å². The SMILES string of the molecule is CC1(C)OC2CC(=O)OCC23C1CC(=O)C1(C)C3CC[C@@]2(C)[C@H](c3ccoc3)OC(=O)C3O[C@@]312. The van der Waals surface area contributed by atoms with E-state index in [0.717, 1.165) is 12.0 Å². The molecule has 1 aromatic heterocycles. The van der Waals surface area contributed by atoms with Crippen LogP contribution in [0, 0.1) is 28.1 Å². The Morgan fingerprint density at radius 2 is 1.76 bits per heavy atom. The third-order valence-corrected chi connectivity index (χ3v) is 10.7. The van der Waals surface area contributed by atoms with Crippen molar-refractivity contribution in [3.05, 3.63) is 24.2 Å². The summed E-state index contributed by atoms with van der Waals surface area (Å²) >= 11 is 0. The van der Waals surface area contributed by atoms with Gasteiger partial charge in [0.25, 0.3) is 0 Å². The van der Waals surface area contributed by atoms with Gasteiger partial charge >= 0.3 is 11.9 Å². The van der Waals surface area contributed by atoms with Crippen molar-refractivity contribution < 1.29 is 37.7 Å². The molecule has 2 spiro atoms. The Morgan fingerprint density at radius 1 is 0.971 bits per heavy atom. The first-order valence-corrected chi connectivity index (χ1v) is 12.3. The predicted octanol–water partition coefficient (Wildman–Crippen LogP) is 3.14. The van der Waals surface area contributed by atoms with Crippen LogP contribution in [0.15, 0.2) is 23.0 Å². The monoisotopic (exact) mass is 470 g/mol. The molecule has 5 heterocycles. The highest BCUT2D eigenvalue weighted by atomic mass is 16.7. The normalized spacial score (nSPS) is 52.4. The van der Waals surface area contributed by atoms with Crippen molar-refractivity contribution in [3.8, 4) is 0 Å². The van der Waals surface area contributed by atoms with Gasteiger partial charge in [-0.05, 0) is 45.6 Å². The molecule has 4 aliphatic heterocycles. The Labute approximate surface area is 197 Å². The van der Waals surface area contributed by atoms with Gasteiger partial charge in [-0.3, -0.25) is 9.59 Å². The number of cyclic esters (lactones) is 2. The number of epoxide rings is 1. The van der Waals surface area contributed by atoms with Crippen molar-refractivity contribution in [2.24, 2.45) is 28.1 Å². The minimum atomic E-state index is -0.976. The number of fused-ring (bicyclic) bond motifs is 1. The number of carbonyl (C=O) groups excluding carboxylic acids is 3. The Balaban J connectivity index is 1.41. The van der Waals surface area contributed by atoms with Gasteiger partial charge in [0.15, 0.2) is 6.10 Å². The molecule has 34 heavy (non-hydrogen) atoms. The van der Waals surface area contributed by atoms with Gasteiger partial charge in [-0.25, -0.2) is 4.79 Å². The van der Waals surface area contributed by atoms with Crippen LogP contribution in [0.2, 0.25) is 0 Å². The van der Waals surface area contributed by atoms with E-state index in [-0.39, 0.29) is 42.7 Å². The van der Waals surface area contributed by atoms with E-state index >= 15 is 0 Å². The first kappa shape index (κ1) is 21.1.